The number of aryl methyl sites for hydroxylation is 1. The number of hydrogen-bond acceptors (Lipinski definition) is 2. The first-order valence-electron chi connectivity index (χ1n) is 10.3. The smallest absolute Gasteiger partial charge is 0.255 e. The molecular formula is C26H29NO2. The van der Waals surface area contributed by atoms with Crippen molar-refractivity contribution in [1.82, 2.24) is 5.32 Å². The molecule has 3 heteroatoms. The number of carbonyl (C=O) groups excluding carboxylic acids is 1. The lowest BCUT2D eigenvalue weighted by Gasteiger charge is -2.12. The van der Waals surface area contributed by atoms with Crippen LogP contribution in [0.3, 0.4) is 0 Å². The van der Waals surface area contributed by atoms with Gasteiger partial charge in [0.25, 0.3) is 5.91 Å². The SMILES string of the molecule is CC(C)c1ccc(CCCNC(=O)c2ccccc2OCc2ccccc2)cc1. The summed E-state index contributed by atoms with van der Waals surface area (Å²) in [6.45, 7) is 5.48. The van der Waals surface area contributed by atoms with Crippen molar-refractivity contribution in [2.75, 3.05) is 6.54 Å². The van der Waals surface area contributed by atoms with Crippen molar-refractivity contribution in [1.29, 1.82) is 0 Å². The Morgan fingerprint density at radius 2 is 1.55 bits per heavy atom. The van der Waals surface area contributed by atoms with Gasteiger partial charge in [-0.05, 0) is 47.6 Å². The zero-order chi connectivity index (χ0) is 20.5. The zero-order valence-corrected chi connectivity index (χ0v) is 17.2. The molecule has 0 aromatic heterocycles. The van der Waals surface area contributed by atoms with E-state index in [1.807, 2.05) is 48.5 Å². The van der Waals surface area contributed by atoms with Crippen molar-refractivity contribution in [3.8, 4) is 5.75 Å². The van der Waals surface area contributed by atoms with E-state index < -0.39 is 0 Å². The molecule has 0 saturated heterocycles. The van der Waals surface area contributed by atoms with Crippen LogP contribution in [0.5, 0.6) is 5.75 Å². The van der Waals surface area contributed by atoms with Crippen LogP contribution in [0.15, 0.2) is 78.9 Å². The van der Waals surface area contributed by atoms with Gasteiger partial charge in [0.1, 0.15) is 12.4 Å². The summed E-state index contributed by atoms with van der Waals surface area (Å²) in [5.74, 6) is 1.06. The fourth-order valence-electron chi connectivity index (χ4n) is 3.17. The minimum atomic E-state index is -0.0937. The predicted octanol–water partition coefficient (Wildman–Crippen LogP) is 5.75. The maximum atomic E-state index is 12.6. The fourth-order valence-corrected chi connectivity index (χ4v) is 3.17. The first-order chi connectivity index (χ1) is 14.1. The largest absolute Gasteiger partial charge is 0.488 e. The second-order valence-electron chi connectivity index (χ2n) is 7.53. The van der Waals surface area contributed by atoms with Gasteiger partial charge >= 0.3 is 0 Å². The first kappa shape index (κ1) is 20.7. The summed E-state index contributed by atoms with van der Waals surface area (Å²) in [4.78, 5) is 12.6. The van der Waals surface area contributed by atoms with E-state index in [4.69, 9.17) is 4.74 Å². The van der Waals surface area contributed by atoms with Gasteiger partial charge in [-0.2, -0.15) is 0 Å². The standard InChI is InChI=1S/C26H29NO2/c1-20(2)23-16-14-21(15-17-23)11-8-18-27-26(28)24-12-6-7-13-25(24)29-19-22-9-4-3-5-10-22/h3-7,9-10,12-17,20H,8,11,18-19H2,1-2H3,(H,27,28). The first-order valence-corrected chi connectivity index (χ1v) is 10.3. The van der Waals surface area contributed by atoms with Crippen LogP contribution in [-0.2, 0) is 13.0 Å². The molecule has 0 unspecified atom stereocenters. The molecule has 3 nitrogen and oxygen atoms in total. The van der Waals surface area contributed by atoms with Crippen LogP contribution in [0.25, 0.3) is 0 Å². The van der Waals surface area contributed by atoms with Gasteiger partial charge < -0.3 is 10.1 Å². The zero-order valence-electron chi connectivity index (χ0n) is 17.2. The third kappa shape index (κ3) is 6.21. The Morgan fingerprint density at radius 3 is 2.28 bits per heavy atom. The monoisotopic (exact) mass is 387 g/mol. The maximum Gasteiger partial charge on any atom is 0.255 e. The molecule has 0 aliphatic carbocycles. The molecule has 0 heterocycles. The van der Waals surface area contributed by atoms with Gasteiger partial charge in [0.15, 0.2) is 0 Å². The van der Waals surface area contributed by atoms with Crippen LogP contribution in [0, 0.1) is 0 Å². The molecule has 0 aliphatic heterocycles. The molecule has 0 aliphatic rings. The topological polar surface area (TPSA) is 38.3 Å². The highest BCUT2D eigenvalue weighted by Gasteiger charge is 2.11. The van der Waals surface area contributed by atoms with Crippen molar-refractivity contribution in [2.24, 2.45) is 0 Å². The Kier molecular flexibility index (Phi) is 7.46. The second kappa shape index (κ2) is 10.5. The summed E-state index contributed by atoms with van der Waals surface area (Å²) < 4.78 is 5.89. The van der Waals surface area contributed by atoms with E-state index in [-0.39, 0.29) is 5.91 Å². The lowest BCUT2D eigenvalue weighted by molar-refractivity contribution is 0.0948. The van der Waals surface area contributed by atoms with Crippen LogP contribution >= 0.6 is 0 Å². The quantitative estimate of drug-likeness (QED) is 0.475. The molecule has 1 amide bonds. The molecule has 3 aromatic rings. The number of amides is 1. The Bertz CT molecular complexity index is 902. The number of ether oxygens (including phenoxy) is 1. The van der Waals surface area contributed by atoms with Crippen LogP contribution < -0.4 is 10.1 Å². The minimum absolute atomic E-state index is 0.0937. The molecular weight excluding hydrogens is 358 g/mol. The number of nitrogens with one attached hydrogen (secondary N) is 1. The molecule has 3 rings (SSSR count). The molecule has 29 heavy (non-hydrogen) atoms. The lowest BCUT2D eigenvalue weighted by Crippen LogP contribution is -2.25. The Labute approximate surface area is 173 Å². The molecule has 0 radical (unpaired) electrons. The third-order valence-electron chi connectivity index (χ3n) is 4.94. The number of benzene rings is 3. The van der Waals surface area contributed by atoms with E-state index in [9.17, 15) is 4.79 Å². The van der Waals surface area contributed by atoms with Gasteiger partial charge in [0, 0.05) is 6.54 Å². The van der Waals surface area contributed by atoms with Crippen LogP contribution in [0.2, 0.25) is 0 Å². The molecule has 0 atom stereocenters. The highest BCUT2D eigenvalue weighted by atomic mass is 16.5. The summed E-state index contributed by atoms with van der Waals surface area (Å²) in [5.41, 5.74) is 4.31. The van der Waals surface area contributed by atoms with Crippen molar-refractivity contribution in [3.05, 3.63) is 101 Å². The molecule has 0 bridgehead atoms. The summed E-state index contributed by atoms with van der Waals surface area (Å²) in [7, 11) is 0. The summed E-state index contributed by atoms with van der Waals surface area (Å²) in [6.07, 6.45) is 1.85. The van der Waals surface area contributed by atoms with Crippen LogP contribution in [-0.4, -0.2) is 12.5 Å². The molecule has 3 aromatic carbocycles. The van der Waals surface area contributed by atoms with Crippen molar-refractivity contribution < 1.29 is 9.53 Å². The second-order valence-corrected chi connectivity index (χ2v) is 7.53. The average molecular weight is 388 g/mol. The van der Waals surface area contributed by atoms with Gasteiger partial charge in [0.2, 0.25) is 0 Å². The van der Waals surface area contributed by atoms with Gasteiger partial charge in [-0.1, -0.05) is 80.6 Å². The Morgan fingerprint density at radius 1 is 0.862 bits per heavy atom. The van der Waals surface area contributed by atoms with Gasteiger partial charge in [-0.25, -0.2) is 0 Å². The van der Waals surface area contributed by atoms with Gasteiger partial charge in [-0.3, -0.25) is 4.79 Å². The summed E-state index contributed by atoms with van der Waals surface area (Å²) >= 11 is 0. The molecule has 0 fully saturated rings. The van der Waals surface area contributed by atoms with E-state index in [0.29, 0.717) is 30.4 Å². The van der Waals surface area contributed by atoms with E-state index in [0.717, 1.165) is 18.4 Å². The molecule has 150 valence electrons. The van der Waals surface area contributed by atoms with Crippen molar-refractivity contribution in [2.45, 2.75) is 39.2 Å². The Balaban J connectivity index is 1.49. The number of para-hydroxylation sites is 1. The third-order valence-corrected chi connectivity index (χ3v) is 4.94. The van der Waals surface area contributed by atoms with Crippen LogP contribution in [0.1, 0.15) is 53.2 Å². The number of rotatable bonds is 9. The highest BCUT2D eigenvalue weighted by Crippen LogP contribution is 2.19. The summed E-state index contributed by atoms with van der Waals surface area (Å²) in [5, 5.41) is 3.02. The highest BCUT2D eigenvalue weighted by molar-refractivity contribution is 5.96. The number of hydrogen-bond donors (Lipinski definition) is 1. The normalized spacial score (nSPS) is 10.7. The van der Waals surface area contributed by atoms with Crippen LogP contribution in [0.4, 0.5) is 0 Å². The number of carbonyl (C=O) groups is 1. The van der Waals surface area contributed by atoms with Gasteiger partial charge in [0.05, 0.1) is 5.56 Å². The summed E-state index contributed by atoms with van der Waals surface area (Å²) in [6, 6.07) is 26.1. The van der Waals surface area contributed by atoms with Crippen molar-refractivity contribution >= 4 is 5.91 Å². The minimum Gasteiger partial charge on any atom is -0.488 e. The molecule has 1 N–H and O–H groups in total. The van der Waals surface area contributed by atoms with E-state index in [2.05, 4.69) is 43.4 Å². The Hall–Kier alpha value is -3.07. The lowest BCUT2D eigenvalue weighted by atomic mass is 10.0. The predicted molar refractivity (Wildman–Crippen MR) is 118 cm³/mol. The molecule has 0 spiro atoms. The van der Waals surface area contributed by atoms with Gasteiger partial charge in [-0.15, -0.1) is 0 Å². The van der Waals surface area contributed by atoms with E-state index in [1.54, 1.807) is 6.07 Å². The van der Waals surface area contributed by atoms with E-state index in [1.165, 1.54) is 11.1 Å². The molecule has 0 saturated carbocycles. The average Bonchev–Trinajstić information content (AvgIpc) is 2.76. The fraction of sp³-hybridized carbons (Fsp3) is 0.269. The van der Waals surface area contributed by atoms with Crippen molar-refractivity contribution in [3.63, 3.8) is 0 Å². The maximum absolute atomic E-state index is 12.6. The van der Waals surface area contributed by atoms with E-state index >= 15 is 0 Å².